The van der Waals surface area contributed by atoms with Crippen molar-refractivity contribution in [2.24, 2.45) is 0 Å². The second-order valence-electron chi connectivity index (χ2n) is 7.05. The first-order valence-corrected chi connectivity index (χ1v) is 11.6. The minimum absolute atomic E-state index is 0.0537. The molecule has 1 amide bonds. The van der Waals surface area contributed by atoms with Crippen molar-refractivity contribution < 1.29 is 22.7 Å². The van der Waals surface area contributed by atoms with Gasteiger partial charge in [0, 0.05) is 17.8 Å². The van der Waals surface area contributed by atoms with Crippen LogP contribution >= 0.6 is 11.6 Å². The summed E-state index contributed by atoms with van der Waals surface area (Å²) in [7, 11) is -1.23. The van der Waals surface area contributed by atoms with Crippen molar-refractivity contribution >= 4 is 33.2 Å². The van der Waals surface area contributed by atoms with Gasteiger partial charge >= 0.3 is 0 Å². The van der Waals surface area contributed by atoms with Crippen LogP contribution in [0.2, 0.25) is 5.02 Å². The van der Waals surface area contributed by atoms with Crippen molar-refractivity contribution in [3.8, 4) is 11.5 Å². The maximum Gasteiger partial charge on any atom is 0.262 e. The number of benzene rings is 2. The highest BCUT2D eigenvalue weighted by molar-refractivity contribution is 7.92. The number of nitrogens with zero attached hydrogens (tertiary/aromatic N) is 2. The van der Waals surface area contributed by atoms with Crippen LogP contribution in [0.25, 0.3) is 0 Å². The fourth-order valence-electron chi connectivity index (χ4n) is 3.05. The van der Waals surface area contributed by atoms with Crippen LogP contribution < -0.4 is 19.5 Å². The molecule has 0 atom stereocenters. The van der Waals surface area contributed by atoms with E-state index in [0.29, 0.717) is 22.8 Å². The van der Waals surface area contributed by atoms with Crippen LogP contribution in [-0.4, -0.2) is 38.5 Å². The van der Waals surface area contributed by atoms with E-state index in [4.69, 9.17) is 21.1 Å². The lowest BCUT2D eigenvalue weighted by molar-refractivity contribution is 0.0950. The van der Waals surface area contributed by atoms with Gasteiger partial charge < -0.3 is 14.8 Å². The number of hydrogen-bond acceptors (Lipinski definition) is 7. The Bertz CT molecular complexity index is 1300. The third-order valence-electron chi connectivity index (χ3n) is 4.72. The molecule has 2 N–H and O–H groups in total. The number of aryl methyl sites for hydroxylation is 2. The van der Waals surface area contributed by atoms with Crippen molar-refractivity contribution in [2.75, 3.05) is 18.9 Å². The van der Waals surface area contributed by atoms with Crippen molar-refractivity contribution in [2.45, 2.75) is 25.3 Å². The van der Waals surface area contributed by atoms with Gasteiger partial charge in [0.05, 0.1) is 42.1 Å². The molecule has 2 aromatic carbocycles. The molecule has 0 saturated heterocycles. The molecule has 9 nitrogen and oxygen atoms in total. The number of aromatic nitrogens is 2. The van der Waals surface area contributed by atoms with E-state index in [1.165, 1.54) is 32.4 Å². The van der Waals surface area contributed by atoms with Crippen LogP contribution in [-0.2, 0) is 16.6 Å². The van der Waals surface area contributed by atoms with Gasteiger partial charge in [0.1, 0.15) is 17.3 Å². The average molecular weight is 491 g/mol. The smallest absolute Gasteiger partial charge is 0.262 e. The number of ether oxygens (including phenoxy) is 2. The Labute approximate surface area is 197 Å². The van der Waals surface area contributed by atoms with E-state index in [9.17, 15) is 13.2 Å². The third-order valence-corrected chi connectivity index (χ3v) is 6.52. The van der Waals surface area contributed by atoms with Crippen molar-refractivity contribution in [1.82, 2.24) is 15.3 Å². The topological polar surface area (TPSA) is 120 Å². The summed E-state index contributed by atoms with van der Waals surface area (Å²) in [6.07, 6.45) is 1.60. The predicted octanol–water partition coefficient (Wildman–Crippen LogP) is 3.49. The molecule has 0 aliphatic heterocycles. The van der Waals surface area contributed by atoms with Gasteiger partial charge in [0.25, 0.3) is 15.9 Å². The van der Waals surface area contributed by atoms with Crippen LogP contribution in [0.1, 0.15) is 27.4 Å². The molecule has 1 heterocycles. The summed E-state index contributed by atoms with van der Waals surface area (Å²) in [5.41, 5.74) is 1.42. The summed E-state index contributed by atoms with van der Waals surface area (Å²) in [4.78, 5) is 20.8. The zero-order valence-corrected chi connectivity index (χ0v) is 20.0. The summed E-state index contributed by atoms with van der Waals surface area (Å²) in [6.45, 7) is 3.57. The third kappa shape index (κ3) is 5.71. The highest BCUT2D eigenvalue weighted by Crippen LogP contribution is 2.37. The number of rotatable bonds is 8. The molecule has 1 aromatic heterocycles. The van der Waals surface area contributed by atoms with Gasteiger partial charge in [-0.15, -0.1) is 0 Å². The lowest BCUT2D eigenvalue weighted by atomic mass is 10.1. The summed E-state index contributed by atoms with van der Waals surface area (Å²) in [5, 5.41) is 2.94. The van der Waals surface area contributed by atoms with Gasteiger partial charge in [-0.1, -0.05) is 17.7 Å². The number of carbonyl (C=O) groups is 1. The van der Waals surface area contributed by atoms with Crippen molar-refractivity contribution in [1.29, 1.82) is 0 Å². The lowest BCUT2D eigenvalue weighted by Gasteiger charge is -2.16. The SMILES string of the molecule is COc1cc(OC)c(NS(=O)(=O)c2cc(C(=O)NCc3ccnc(C)n3)ccc2C)cc1Cl. The predicted molar refractivity (Wildman–Crippen MR) is 124 cm³/mol. The van der Waals surface area contributed by atoms with Gasteiger partial charge in [0.2, 0.25) is 0 Å². The molecule has 0 fully saturated rings. The molecule has 174 valence electrons. The molecule has 0 bridgehead atoms. The number of sulfonamides is 1. The standard InChI is InChI=1S/C22H23ClN4O5S/c1-13-5-6-15(22(28)25-12-16-7-8-24-14(2)26-16)9-21(13)33(29,30)27-18-10-17(23)19(31-3)11-20(18)32-4/h5-11,27H,12H2,1-4H3,(H,25,28). The van der Waals surface area contributed by atoms with Crippen molar-refractivity contribution in [3.05, 3.63) is 70.3 Å². The highest BCUT2D eigenvalue weighted by Gasteiger charge is 2.22. The Morgan fingerprint density at radius 1 is 1.06 bits per heavy atom. The zero-order chi connectivity index (χ0) is 24.2. The first-order chi connectivity index (χ1) is 15.6. The monoisotopic (exact) mass is 490 g/mol. The van der Waals surface area contributed by atoms with E-state index in [1.54, 1.807) is 38.2 Å². The van der Waals surface area contributed by atoms with E-state index >= 15 is 0 Å². The first-order valence-electron chi connectivity index (χ1n) is 9.76. The summed E-state index contributed by atoms with van der Waals surface area (Å²) >= 11 is 6.15. The number of amides is 1. The number of methoxy groups -OCH3 is 2. The number of hydrogen-bond donors (Lipinski definition) is 2. The second-order valence-corrected chi connectivity index (χ2v) is 9.11. The molecule has 33 heavy (non-hydrogen) atoms. The molecule has 0 unspecified atom stereocenters. The van der Waals surface area contributed by atoms with Gasteiger partial charge in [-0.2, -0.15) is 0 Å². The van der Waals surface area contributed by atoms with Crippen LogP contribution in [0.5, 0.6) is 11.5 Å². The minimum Gasteiger partial charge on any atom is -0.495 e. The van der Waals surface area contributed by atoms with Gasteiger partial charge in [-0.3, -0.25) is 9.52 Å². The lowest BCUT2D eigenvalue weighted by Crippen LogP contribution is -2.24. The Balaban J connectivity index is 1.86. The highest BCUT2D eigenvalue weighted by atomic mass is 35.5. The Hall–Kier alpha value is -3.37. The van der Waals surface area contributed by atoms with Gasteiger partial charge in [-0.05, 0) is 43.7 Å². The minimum atomic E-state index is -4.07. The zero-order valence-electron chi connectivity index (χ0n) is 18.5. The first kappa shape index (κ1) is 24.3. The van der Waals surface area contributed by atoms with E-state index in [-0.39, 0.29) is 33.5 Å². The Morgan fingerprint density at radius 2 is 1.79 bits per heavy atom. The Morgan fingerprint density at radius 3 is 2.45 bits per heavy atom. The molecule has 0 aliphatic rings. The van der Waals surface area contributed by atoms with Crippen LogP contribution in [0, 0.1) is 13.8 Å². The van der Waals surface area contributed by atoms with Crippen LogP contribution in [0.3, 0.4) is 0 Å². The van der Waals surface area contributed by atoms with E-state index in [1.807, 2.05) is 0 Å². The number of carbonyl (C=O) groups excluding carboxylic acids is 1. The summed E-state index contributed by atoms with van der Waals surface area (Å²) < 4.78 is 39.2. The molecular formula is C22H23ClN4O5S. The number of halogens is 1. The van der Waals surface area contributed by atoms with Gasteiger partial charge in [0.15, 0.2) is 0 Å². The molecule has 3 aromatic rings. The molecule has 3 rings (SSSR count). The number of anilines is 1. The summed E-state index contributed by atoms with van der Waals surface area (Å²) in [6, 6.07) is 9.00. The Kier molecular flexibility index (Phi) is 7.39. The fraction of sp³-hybridized carbons (Fsp3) is 0.227. The number of nitrogens with one attached hydrogen (secondary N) is 2. The molecule has 0 aliphatic carbocycles. The summed E-state index contributed by atoms with van der Waals surface area (Å²) in [5.74, 6) is 0.718. The second kappa shape index (κ2) is 10.1. The van der Waals surface area contributed by atoms with Gasteiger partial charge in [-0.25, -0.2) is 18.4 Å². The molecule has 11 heteroatoms. The van der Waals surface area contributed by atoms with E-state index in [2.05, 4.69) is 20.0 Å². The maximum atomic E-state index is 13.2. The average Bonchev–Trinajstić information content (AvgIpc) is 2.77. The van der Waals surface area contributed by atoms with Crippen LogP contribution in [0.15, 0.2) is 47.5 Å². The quantitative estimate of drug-likeness (QED) is 0.496. The van der Waals surface area contributed by atoms with Crippen LogP contribution in [0.4, 0.5) is 5.69 Å². The molecule has 0 saturated carbocycles. The van der Waals surface area contributed by atoms with E-state index < -0.39 is 15.9 Å². The molecule has 0 radical (unpaired) electrons. The maximum absolute atomic E-state index is 13.2. The normalized spacial score (nSPS) is 11.1. The molecular weight excluding hydrogens is 468 g/mol. The fourth-order valence-corrected chi connectivity index (χ4v) is 4.62. The van der Waals surface area contributed by atoms with Crippen molar-refractivity contribution in [3.63, 3.8) is 0 Å². The largest absolute Gasteiger partial charge is 0.495 e. The molecule has 0 spiro atoms. The van der Waals surface area contributed by atoms with E-state index in [0.717, 1.165) is 0 Å².